The summed E-state index contributed by atoms with van der Waals surface area (Å²) in [5.41, 5.74) is 1.60. The smallest absolute Gasteiger partial charge is 0.307 e. The van der Waals surface area contributed by atoms with E-state index >= 15 is 0 Å². The van der Waals surface area contributed by atoms with Crippen LogP contribution in [0.4, 0.5) is 0 Å². The fourth-order valence-electron chi connectivity index (χ4n) is 2.82. The Bertz CT molecular complexity index is 510. The first-order chi connectivity index (χ1) is 10.7. The zero-order chi connectivity index (χ0) is 15.8. The molecule has 0 bridgehead atoms. The molecule has 5 nitrogen and oxygen atoms in total. The molecule has 1 fully saturated rings. The third kappa shape index (κ3) is 4.00. The quantitative estimate of drug-likeness (QED) is 0.478. The molecule has 0 saturated heterocycles. The highest BCUT2D eigenvalue weighted by atomic mass is 16.5. The highest BCUT2D eigenvalue weighted by Gasteiger charge is 2.38. The van der Waals surface area contributed by atoms with Crippen LogP contribution >= 0.6 is 0 Å². The van der Waals surface area contributed by atoms with E-state index in [1.54, 1.807) is 7.05 Å². The van der Waals surface area contributed by atoms with Gasteiger partial charge < -0.3 is 15.4 Å². The minimum atomic E-state index is -0.220. The van der Waals surface area contributed by atoms with Crippen molar-refractivity contribution in [1.29, 1.82) is 0 Å². The summed E-state index contributed by atoms with van der Waals surface area (Å²) in [5, 5.41) is 6.53. The van der Waals surface area contributed by atoms with Crippen LogP contribution in [0.5, 0.6) is 0 Å². The molecule has 0 spiro atoms. The summed E-state index contributed by atoms with van der Waals surface area (Å²) in [7, 11) is 3.14. The first-order valence-electron chi connectivity index (χ1n) is 7.77. The molecule has 120 valence electrons. The lowest BCUT2D eigenvalue weighted by Gasteiger charge is -2.43. The van der Waals surface area contributed by atoms with Gasteiger partial charge >= 0.3 is 5.97 Å². The molecule has 0 unspecified atom stereocenters. The average Bonchev–Trinajstić information content (AvgIpc) is 2.52. The van der Waals surface area contributed by atoms with E-state index in [2.05, 4.69) is 50.7 Å². The molecular formula is C17H25N3O2. The van der Waals surface area contributed by atoms with E-state index in [0.29, 0.717) is 13.0 Å². The molecule has 0 amide bonds. The van der Waals surface area contributed by atoms with E-state index in [1.165, 1.54) is 31.9 Å². The number of ether oxygens (including phenoxy) is 1. The lowest BCUT2D eigenvalue weighted by Crippen LogP contribution is -2.49. The Kier molecular flexibility index (Phi) is 5.81. The number of carbonyl (C=O) groups excluding carboxylic acids is 1. The maximum Gasteiger partial charge on any atom is 0.307 e. The fourth-order valence-corrected chi connectivity index (χ4v) is 2.82. The van der Waals surface area contributed by atoms with Gasteiger partial charge in [-0.15, -0.1) is 0 Å². The summed E-state index contributed by atoms with van der Waals surface area (Å²) >= 11 is 0. The van der Waals surface area contributed by atoms with Gasteiger partial charge in [-0.3, -0.25) is 9.79 Å². The van der Waals surface area contributed by atoms with Gasteiger partial charge in [0.1, 0.15) is 0 Å². The number of nitrogens with zero attached hydrogens (tertiary/aromatic N) is 1. The molecule has 0 atom stereocenters. The summed E-state index contributed by atoms with van der Waals surface area (Å²) in [6.45, 7) is 1.37. The Morgan fingerprint density at radius 2 is 2.00 bits per heavy atom. The van der Waals surface area contributed by atoms with Gasteiger partial charge in [0.15, 0.2) is 5.96 Å². The SMILES string of the molecule is CN=C(NCCC(=O)OC)NCC1(c2ccccc2)CCC1. The minimum Gasteiger partial charge on any atom is -0.469 e. The van der Waals surface area contributed by atoms with Gasteiger partial charge in [0.25, 0.3) is 0 Å². The van der Waals surface area contributed by atoms with Crippen LogP contribution in [0.2, 0.25) is 0 Å². The fraction of sp³-hybridized carbons (Fsp3) is 0.529. The molecule has 1 aromatic rings. The molecule has 0 aliphatic heterocycles. The van der Waals surface area contributed by atoms with Gasteiger partial charge in [0.05, 0.1) is 13.5 Å². The molecule has 5 heteroatoms. The van der Waals surface area contributed by atoms with Gasteiger partial charge in [-0.25, -0.2) is 0 Å². The van der Waals surface area contributed by atoms with Crippen molar-refractivity contribution in [2.24, 2.45) is 4.99 Å². The third-order valence-electron chi connectivity index (χ3n) is 4.36. The van der Waals surface area contributed by atoms with Crippen molar-refractivity contribution in [2.75, 3.05) is 27.2 Å². The van der Waals surface area contributed by atoms with E-state index < -0.39 is 0 Å². The van der Waals surface area contributed by atoms with Crippen molar-refractivity contribution in [3.8, 4) is 0 Å². The number of aliphatic imine (C=N–C) groups is 1. The number of hydrogen-bond acceptors (Lipinski definition) is 3. The number of guanidine groups is 1. The normalized spacial score (nSPS) is 16.5. The second-order valence-corrected chi connectivity index (χ2v) is 5.68. The van der Waals surface area contributed by atoms with Crippen molar-refractivity contribution in [2.45, 2.75) is 31.1 Å². The van der Waals surface area contributed by atoms with Crippen LogP contribution in [0.15, 0.2) is 35.3 Å². The first kappa shape index (κ1) is 16.3. The maximum absolute atomic E-state index is 11.1. The zero-order valence-electron chi connectivity index (χ0n) is 13.4. The number of carbonyl (C=O) groups is 1. The van der Waals surface area contributed by atoms with Gasteiger partial charge in [0, 0.05) is 25.6 Å². The molecule has 0 radical (unpaired) electrons. The van der Waals surface area contributed by atoms with Crippen molar-refractivity contribution in [3.05, 3.63) is 35.9 Å². The van der Waals surface area contributed by atoms with Gasteiger partial charge in [0.2, 0.25) is 0 Å². The standard InChI is InChI=1S/C17H25N3O2/c1-18-16(19-12-9-15(21)22-2)20-13-17(10-6-11-17)14-7-4-3-5-8-14/h3-5,7-8H,6,9-13H2,1-2H3,(H2,18,19,20). The van der Waals surface area contributed by atoms with Crippen molar-refractivity contribution in [3.63, 3.8) is 0 Å². The number of nitrogens with one attached hydrogen (secondary N) is 2. The topological polar surface area (TPSA) is 62.7 Å². The average molecular weight is 303 g/mol. The third-order valence-corrected chi connectivity index (χ3v) is 4.36. The highest BCUT2D eigenvalue weighted by molar-refractivity contribution is 5.80. The summed E-state index contributed by atoms with van der Waals surface area (Å²) in [6.07, 6.45) is 4.00. The number of hydrogen-bond donors (Lipinski definition) is 2. The monoisotopic (exact) mass is 303 g/mol. The van der Waals surface area contributed by atoms with Crippen molar-refractivity contribution < 1.29 is 9.53 Å². The maximum atomic E-state index is 11.1. The second kappa shape index (κ2) is 7.82. The summed E-state index contributed by atoms with van der Waals surface area (Å²) < 4.78 is 4.63. The van der Waals surface area contributed by atoms with E-state index in [0.717, 1.165) is 12.5 Å². The number of methoxy groups -OCH3 is 1. The number of esters is 1. The number of benzene rings is 1. The Labute approximate surface area is 132 Å². The Balaban J connectivity index is 1.86. The molecular weight excluding hydrogens is 278 g/mol. The predicted octanol–water partition coefficient (Wildman–Crippen LogP) is 1.84. The first-order valence-corrected chi connectivity index (χ1v) is 7.77. The number of rotatable bonds is 6. The van der Waals surface area contributed by atoms with E-state index in [9.17, 15) is 4.79 Å². The van der Waals surface area contributed by atoms with Gasteiger partial charge in [-0.1, -0.05) is 36.8 Å². The van der Waals surface area contributed by atoms with Crippen LogP contribution < -0.4 is 10.6 Å². The molecule has 2 N–H and O–H groups in total. The molecule has 2 rings (SSSR count). The van der Waals surface area contributed by atoms with Crippen molar-refractivity contribution >= 4 is 11.9 Å². The Morgan fingerprint density at radius 3 is 2.55 bits per heavy atom. The lowest BCUT2D eigenvalue weighted by molar-refractivity contribution is -0.140. The van der Waals surface area contributed by atoms with Crippen LogP contribution in [0.25, 0.3) is 0 Å². The van der Waals surface area contributed by atoms with Gasteiger partial charge in [-0.2, -0.15) is 0 Å². The van der Waals surface area contributed by atoms with Crippen LogP contribution in [0, 0.1) is 0 Å². The Morgan fingerprint density at radius 1 is 1.27 bits per heavy atom. The molecule has 1 aromatic carbocycles. The minimum absolute atomic E-state index is 0.210. The largest absolute Gasteiger partial charge is 0.469 e. The lowest BCUT2D eigenvalue weighted by atomic mass is 9.64. The second-order valence-electron chi connectivity index (χ2n) is 5.68. The zero-order valence-corrected chi connectivity index (χ0v) is 13.4. The predicted molar refractivity (Wildman–Crippen MR) is 88.0 cm³/mol. The van der Waals surface area contributed by atoms with Crippen molar-refractivity contribution in [1.82, 2.24) is 10.6 Å². The van der Waals surface area contributed by atoms with Crippen LogP contribution in [-0.2, 0) is 14.9 Å². The van der Waals surface area contributed by atoms with E-state index in [-0.39, 0.29) is 11.4 Å². The van der Waals surface area contributed by atoms with E-state index in [4.69, 9.17) is 0 Å². The summed E-state index contributed by atoms with van der Waals surface area (Å²) in [5.74, 6) is 0.508. The van der Waals surface area contributed by atoms with Crippen LogP contribution in [-0.4, -0.2) is 39.2 Å². The van der Waals surface area contributed by atoms with Crippen LogP contribution in [0.3, 0.4) is 0 Å². The van der Waals surface area contributed by atoms with Crippen LogP contribution in [0.1, 0.15) is 31.2 Å². The molecule has 1 aliphatic rings. The van der Waals surface area contributed by atoms with E-state index in [1.807, 2.05) is 0 Å². The molecule has 1 aliphatic carbocycles. The highest BCUT2D eigenvalue weighted by Crippen LogP contribution is 2.43. The van der Waals surface area contributed by atoms with Gasteiger partial charge in [-0.05, 0) is 18.4 Å². The summed E-state index contributed by atoms with van der Waals surface area (Å²) in [4.78, 5) is 15.3. The summed E-state index contributed by atoms with van der Waals surface area (Å²) in [6, 6.07) is 10.6. The molecule has 1 saturated carbocycles. The molecule has 22 heavy (non-hydrogen) atoms. The Hall–Kier alpha value is -2.04. The molecule has 0 aromatic heterocycles. The molecule has 0 heterocycles.